The summed E-state index contributed by atoms with van der Waals surface area (Å²) in [6, 6.07) is 11.9. The molecule has 0 spiro atoms. The summed E-state index contributed by atoms with van der Waals surface area (Å²) in [6.07, 6.45) is 0. The number of benzene rings is 2. The molecular formula is C19H21ClFN3O. The molecule has 3 rings (SSSR count). The van der Waals surface area contributed by atoms with E-state index in [0.29, 0.717) is 24.3 Å². The predicted octanol–water partition coefficient (Wildman–Crippen LogP) is 3.58. The topological polar surface area (TPSA) is 49.6 Å². The van der Waals surface area contributed by atoms with Crippen molar-refractivity contribution in [2.24, 2.45) is 0 Å². The largest absolute Gasteiger partial charge is 0.399 e. The maximum absolute atomic E-state index is 13.3. The van der Waals surface area contributed by atoms with Crippen molar-refractivity contribution in [3.8, 4) is 0 Å². The van der Waals surface area contributed by atoms with Gasteiger partial charge in [-0.25, -0.2) is 4.39 Å². The summed E-state index contributed by atoms with van der Waals surface area (Å²) in [5.74, 6) is -0.381. The van der Waals surface area contributed by atoms with Crippen molar-refractivity contribution in [2.45, 2.75) is 13.0 Å². The lowest BCUT2D eigenvalue weighted by Gasteiger charge is -2.38. The fourth-order valence-corrected chi connectivity index (χ4v) is 3.29. The molecule has 0 radical (unpaired) electrons. The minimum atomic E-state index is -0.406. The third-order valence-electron chi connectivity index (χ3n) is 4.73. The van der Waals surface area contributed by atoms with E-state index in [2.05, 4.69) is 11.8 Å². The Kier molecular flexibility index (Phi) is 5.25. The zero-order valence-electron chi connectivity index (χ0n) is 14.1. The van der Waals surface area contributed by atoms with E-state index < -0.39 is 5.82 Å². The van der Waals surface area contributed by atoms with E-state index in [4.69, 9.17) is 17.3 Å². The van der Waals surface area contributed by atoms with Gasteiger partial charge in [0.2, 0.25) is 0 Å². The van der Waals surface area contributed by atoms with Gasteiger partial charge in [0.05, 0.1) is 5.02 Å². The van der Waals surface area contributed by atoms with Crippen LogP contribution in [0, 0.1) is 5.82 Å². The molecule has 25 heavy (non-hydrogen) atoms. The second-order valence-electron chi connectivity index (χ2n) is 6.30. The highest BCUT2D eigenvalue weighted by Crippen LogP contribution is 2.26. The number of nitrogens with zero attached hydrogens (tertiary/aromatic N) is 2. The Hall–Kier alpha value is -2.11. The lowest BCUT2D eigenvalue weighted by Crippen LogP contribution is -2.49. The Bertz CT molecular complexity index is 758. The number of carbonyl (C=O) groups excluding carboxylic acids is 1. The first-order valence-corrected chi connectivity index (χ1v) is 8.67. The number of nitrogens with two attached hydrogens (primary N) is 1. The number of amides is 1. The molecule has 1 aliphatic heterocycles. The predicted molar refractivity (Wildman–Crippen MR) is 98.2 cm³/mol. The number of piperazine rings is 1. The molecule has 2 N–H and O–H groups in total. The van der Waals surface area contributed by atoms with Crippen LogP contribution in [0.15, 0.2) is 42.5 Å². The summed E-state index contributed by atoms with van der Waals surface area (Å²) in [6.45, 7) is 4.90. The van der Waals surface area contributed by atoms with E-state index in [-0.39, 0.29) is 17.0 Å². The summed E-state index contributed by atoms with van der Waals surface area (Å²) >= 11 is 5.89. The van der Waals surface area contributed by atoms with E-state index in [9.17, 15) is 9.18 Å². The Morgan fingerprint density at radius 2 is 1.76 bits per heavy atom. The third kappa shape index (κ3) is 3.94. The second-order valence-corrected chi connectivity index (χ2v) is 6.71. The van der Waals surface area contributed by atoms with Gasteiger partial charge in [0.15, 0.2) is 0 Å². The maximum atomic E-state index is 13.3. The molecule has 0 saturated carbocycles. The molecule has 4 nitrogen and oxygen atoms in total. The van der Waals surface area contributed by atoms with Crippen LogP contribution < -0.4 is 5.73 Å². The van der Waals surface area contributed by atoms with Gasteiger partial charge in [-0.2, -0.15) is 0 Å². The van der Waals surface area contributed by atoms with E-state index >= 15 is 0 Å². The molecule has 2 aromatic rings. The molecule has 0 aliphatic carbocycles. The van der Waals surface area contributed by atoms with E-state index in [1.165, 1.54) is 6.07 Å². The van der Waals surface area contributed by atoms with Gasteiger partial charge in [0, 0.05) is 43.5 Å². The van der Waals surface area contributed by atoms with Gasteiger partial charge in [-0.05, 0) is 48.9 Å². The van der Waals surface area contributed by atoms with Crippen molar-refractivity contribution >= 4 is 23.2 Å². The number of rotatable bonds is 3. The maximum Gasteiger partial charge on any atom is 0.253 e. The molecule has 0 bridgehead atoms. The minimum absolute atomic E-state index is 0.0251. The molecule has 1 heterocycles. The highest BCUT2D eigenvalue weighted by Gasteiger charge is 2.25. The molecule has 1 amide bonds. The molecule has 1 unspecified atom stereocenters. The minimum Gasteiger partial charge on any atom is -0.399 e. The average molecular weight is 362 g/mol. The van der Waals surface area contributed by atoms with Crippen LogP contribution in [0.1, 0.15) is 28.9 Å². The zero-order chi connectivity index (χ0) is 18.0. The van der Waals surface area contributed by atoms with Crippen LogP contribution in [0.2, 0.25) is 5.02 Å². The Labute approximate surface area is 152 Å². The van der Waals surface area contributed by atoms with Gasteiger partial charge >= 0.3 is 0 Å². The highest BCUT2D eigenvalue weighted by molar-refractivity contribution is 6.30. The lowest BCUT2D eigenvalue weighted by atomic mass is 10.1. The van der Waals surface area contributed by atoms with E-state index in [1.54, 1.807) is 36.4 Å². The van der Waals surface area contributed by atoms with Crippen molar-refractivity contribution in [2.75, 3.05) is 31.9 Å². The Balaban J connectivity index is 1.62. The summed E-state index contributed by atoms with van der Waals surface area (Å²) in [5.41, 5.74) is 7.94. The molecule has 1 aliphatic rings. The van der Waals surface area contributed by atoms with Crippen LogP contribution in [0.25, 0.3) is 0 Å². The van der Waals surface area contributed by atoms with Crippen molar-refractivity contribution in [3.63, 3.8) is 0 Å². The number of anilines is 1. The standard InChI is InChI=1S/C19H21ClFN3O/c1-13(15-4-7-18(21)17(20)12-15)23-8-10-24(11-9-23)19(25)14-2-5-16(22)6-3-14/h2-7,12-13H,8-11,22H2,1H3. The van der Waals surface area contributed by atoms with Crippen LogP contribution in [0.5, 0.6) is 0 Å². The van der Waals surface area contributed by atoms with Gasteiger partial charge in [0.1, 0.15) is 5.82 Å². The van der Waals surface area contributed by atoms with Gasteiger partial charge in [0.25, 0.3) is 5.91 Å². The highest BCUT2D eigenvalue weighted by atomic mass is 35.5. The second kappa shape index (κ2) is 7.42. The quantitative estimate of drug-likeness (QED) is 0.850. The SMILES string of the molecule is CC(c1ccc(F)c(Cl)c1)N1CCN(C(=O)c2ccc(N)cc2)CC1. The number of halogens is 2. The monoisotopic (exact) mass is 361 g/mol. The summed E-state index contributed by atoms with van der Waals surface area (Å²) in [7, 11) is 0. The Morgan fingerprint density at radius 1 is 1.12 bits per heavy atom. The normalized spacial score (nSPS) is 16.7. The number of hydrogen-bond donors (Lipinski definition) is 1. The van der Waals surface area contributed by atoms with Gasteiger partial charge in [-0.1, -0.05) is 17.7 Å². The fraction of sp³-hybridized carbons (Fsp3) is 0.316. The van der Waals surface area contributed by atoms with Crippen LogP contribution in [-0.4, -0.2) is 41.9 Å². The fourth-order valence-electron chi connectivity index (χ4n) is 3.10. The molecule has 0 aromatic heterocycles. The summed E-state index contributed by atoms with van der Waals surface area (Å²) < 4.78 is 13.3. The molecule has 2 aromatic carbocycles. The summed E-state index contributed by atoms with van der Waals surface area (Å²) in [4.78, 5) is 16.7. The van der Waals surface area contributed by atoms with Crippen molar-refractivity contribution < 1.29 is 9.18 Å². The first-order valence-electron chi connectivity index (χ1n) is 8.29. The van der Waals surface area contributed by atoms with Crippen LogP contribution >= 0.6 is 11.6 Å². The molecule has 132 valence electrons. The smallest absolute Gasteiger partial charge is 0.253 e. The van der Waals surface area contributed by atoms with Gasteiger partial charge in [-0.15, -0.1) is 0 Å². The van der Waals surface area contributed by atoms with Crippen LogP contribution in [0.4, 0.5) is 10.1 Å². The first-order chi connectivity index (χ1) is 12.0. The van der Waals surface area contributed by atoms with Gasteiger partial charge in [-0.3, -0.25) is 9.69 Å². The molecular weight excluding hydrogens is 341 g/mol. The number of carbonyl (C=O) groups is 1. The van der Waals surface area contributed by atoms with E-state index in [1.807, 2.05) is 4.90 Å². The van der Waals surface area contributed by atoms with Crippen LogP contribution in [-0.2, 0) is 0 Å². The third-order valence-corrected chi connectivity index (χ3v) is 5.02. The Morgan fingerprint density at radius 3 is 2.36 bits per heavy atom. The summed E-state index contributed by atoms with van der Waals surface area (Å²) in [5, 5.41) is 0.140. The van der Waals surface area contributed by atoms with Crippen molar-refractivity contribution in [3.05, 3.63) is 64.4 Å². The molecule has 1 atom stereocenters. The number of nitrogen functional groups attached to an aromatic ring is 1. The molecule has 1 saturated heterocycles. The number of hydrogen-bond acceptors (Lipinski definition) is 3. The molecule has 1 fully saturated rings. The van der Waals surface area contributed by atoms with Crippen molar-refractivity contribution in [1.29, 1.82) is 0 Å². The molecule has 6 heteroatoms. The lowest BCUT2D eigenvalue weighted by molar-refractivity contribution is 0.0582. The van der Waals surface area contributed by atoms with Gasteiger partial charge < -0.3 is 10.6 Å². The average Bonchev–Trinajstić information content (AvgIpc) is 2.63. The first kappa shape index (κ1) is 17.7. The van der Waals surface area contributed by atoms with E-state index in [0.717, 1.165) is 18.7 Å². The van der Waals surface area contributed by atoms with Crippen molar-refractivity contribution in [1.82, 2.24) is 9.80 Å². The zero-order valence-corrected chi connectivity index (χ0v) is 14.8. The van der Waals surface area contributed by atoms with Crippen LogP contribution in [0.3, 0.4) is 0 Å².